The predicted molar refractivity (Wildman–Crippen MR) is 113 cm³/mol. The minimum atomic E-state index is -0.0493. The van der Waals surface area contributed by atoms with Crippen molar-refractivity contribution in [3.63, 3.8) is 0 Å². The van der Waals surface area contributed by atoms with Gasteiger partial charge < -0.3 is 14.6 Å². The normalized spacial score (nSPS) is 14.7. The zero-order valence-electron chi connectivity index (χ0n) is 15.1. The van der Waals surface area contributed by atoms with Crippen LogP contribution in [0.2, 0.25) is 0 Å². The molecule has 28 heavy (non-hydrogen) atoms. The van der Waals surface area contributed by atoms with Crippen LogP contribution in [0.5, 0.6) is 0 Å². The van der Waals surface area contributed by atoms with Gasteiger partial charge in [-0.25, -0.2) is 4.98 Å². The third-order valence-electron chi connectivity index (χ3n) is 5.11. The summed E-state index contributed by atoms with van der Waals surface area (Å²) in [4.78, 5) is 23.2. The Labute approximate surface area is 170 Å². The van der Waals surface area contributed by atoms with Crippen molar-refractivity contribution in [1.29, 1.82) is 0 Å². The fourth-order valence-corrected chi connectivity index (χ4v) is 4.13. The first kappa shape index (κ1) is 17.4. The molecule has 0 atom stereocenters. The summed E-state index contributed by atoms with van der Waals surface area (Å²) in [7, 11) is 0. The van der Waals surface area contributed by atoms with E-state index >= 15 is 0 Å². The second kappa shape index (κ2) is 7.04. The van der Waals surface area contributed by atoms with Crippen LogP contribution in [-0.4, -0.2) is 47.1 Å². The van der Waals surface area contributed by atoms with Crippen LogP contribution in [0.25, 0.3) is 33.1 Å². The number of fused-ring (bicyclic) bond motifs is 3. The molecule has 0 unspecified atom stereocenters. The Hall–Kier alpha value is -2.70. The van der Waals surface area contributed by atoms with Gasteiger partial charge in [0.15, 0.2) is 0 Å². The number of hydrogen-bond acceptors (Lipinski definition) is 3. The van der Waals surface area contributed by atoms with E-state index in [0.717, 1.165) is 37.5 Å². The highest BCUT2D eigenvalue weighted by Crippen LogP contribution is 2.33. The van der Waals surface area contributed by atoms with Crippen LogP contribution in [0.3, 0.4) is 0 Å². The topological polar surface area (TPSA) is 58.2 Å². The van der Waals surface area contributed by atoms with E-state index < -0.39 is 0 Å². The third-order valence-corrected chi connectivity index (χ3v) is 5.61. The number of carbonyl (C=O) groups excluding carboxylic acids is 1. The molecule has 0 spiro atoms. The maximum atomic E-state index is 13.1. The minimum absolute atomic E-state index is 0.0493. The number of hydrogen-bond donors (Lipinski definition) is 1. The Morgan fingerprint density at radius 1 is 1.04 bits per heavy atom. The van der Waals surface area contributed by atoms with Gasteiger partial charge in [0.1, 0.15) is 5.69 Å². The molecule has 5 rings (SSSR count). The maximum absolute atomic E-state index is 13.1. The number of nitrogens with one attached hydrogen (secondary N) is 1. The van der Waals surface area contributed by atoms with Crippen LogP contribution in [-0.2, 0) is 4.74 Å². The summed E-state index contributed by atoms with van der Waals surface area (Å²) in [6.07, 6.45) is 0. The summed E-state index contributed by atoms with van der Waals surface area (Å²) in [6, 6.07) is 18.0. The van der Waals surface area contributed by atoms with Crippen molar-refractivity contribution in [2.75, 3.05) is 26.3 Å². The monoisotopic (exact) mass is 435 g/mol. The SMILES string of the molecule is O=C(c1cc2c([nH]c3ccccc32)c(-c2cccc(Br)c2)n1)N1CCOCC1. The molecule has 6 heteroatoms. The fraction of sp³-hybridized carbons (Fsp3) is 0.182. The van der Waals surface area contributed by atoms with Gasteiger partial charge in [-0.15, -0.1) is 0 Å². The lowest BCUT2D eigenvalue weighted by atomic mass is 10.1. The summed E-state index contributed by atoms with van der Waals surface area (Å²) >= 11 is 3.54. The zero-order chi connectivity index (χ0) is 19.1. The highest BCUT2D eigenvalue weighted by Gasteiger charge is 2.22. The zero-order valence-corrected chi connectivity index (χ0v) is 16.7. The van der Waals surface area contributed by atoms with Gasteiger partial charge in [-0.05, 0) is 24.3 Å². The van der Waals surface area contributed by atoms with Crippen molar-refractivity contribution in [1.82, 2.24) is 14.9 Å². The Kier molecular flexibility index (Phi) is 4.37. The smallest absolute Gasteiger partial charge is 0.272 e. The molecule has 1 N–H and O–H groups in total. The number of halogens is 1. The van der Waals surface area contributed by atoms with Crippen LogP contribution < -0.4 is 0 Å². The van der Waals surface area contributed by atoms with Crippen LogP contribution >= 0.6 is 15.9 Å². The van der Waals surface area contributed by atoms with E-state index in [4.69, 9.17) is 9.72 Å². The van der Waals surface area contributed by atoms with E-state index in [0.29, 0.717) is 32.0 Å². The first-order valence-electron chi connectivity index (χ1n) is 9.25. The van der Waals surface area contributed by atoms with Crippen molar-refractivity contribution in [3.05, 3.63) is 64.8 Å². The van der Waals surface area contributed by atoms with Crippen LogP contribution in [0.1, 0.15) is 10.5 Å². The molecule has 1 amide bonds. The molecule has 0 aliphatic carbocycles. The highest BCUT2D eigenvalue weighted by molar-refractivity contribution is 9.10. The summed E-state index contributed by atoms with van der Waals surface area (Å²) in [5, 5.41) is 2.10. The molecule has 2 aromatic heterocycles. The van der Waals surface area contributed by atoms with Gasteiger partial charge >= 0.3 is 0 Å². The number of amides is 1. The largest absolute Gasteiger partial charge is 0.378 e. The Morgan fingerprint density at radius 3 is 2.68 bits per heavy atom. The molecular weight excluding hydrogens is 418 g/mol. The number of pyridine rings is 1. The van der Waals surface area contributed by atoms with E-state index in [1.165, 1.54) is 0 Å². The van der Waals surface area contributed by atoms with Crippen molar-refractivity contribution in [2.24, 2.45) is 0 Å². The number of para-hydroxylation sites is 1. The van der Waals surface area contributed by atoms with E-state index in [1.54, 1.807) is 0 Å². The molecule has 1 saturated heterocycles. The number of aromatic nitrogens is 2. The number of benzene rings is 2. The average molecular weight is 436 g/mol. The van der Waals surface area contributed by atoms with Gasteiger partial charge in [0.05, 0.1) is 24.4 Å². The van der Waals surface area contributed by atoms with Crippen LogP contribution in [0, 0.1) is 0 Å². The molecule has 3 heterocycles. The molecule has 0 radical (unpaired) electrons. The van der Waals surface area contributed by atoms with E-state index in [9.17, 15) is 4.79 Å². The number of morpholine rings is 1. The van der Waals surface area contributed by atoms with Crippen molar-refractivity contribution in [2.45, 2.75) is 0 Å². The standard InChI is InChI=1S/C22H18BrN3O2/c23-15-5-3-4-14(12-15)20-21-17(16-6-1-2-7-18(16)24-21)13-19(25-20)22(27)26-8-10-28-11-9-26/h1-7,12-13,24H,8-11H2. The number of ether oxygens (including phenoxy) is 1. The average Bonchev–Trinajstić information content (AvgIpc) is 3.12. The summed E-state index contributed by atoms with van der Waals surface area (Å²) < 4.78 is 6.36. The first-order valence-corrected chi connectivity index (χ1v) is 10.0. The molecular formula is C22H18BrN3O2. The molecule has 1 aliphatic rings. The van der Waals surface area contributed by atoms with E-state index in [2.05, 4.69) is 27.0 Å². The lowest BCUT2D eigenvalue weighted by molar-refractivity contribution is 0.0299. The molecule has 5 nitrogen and oxygen atoms in total. The molecule has 1 fully saturated rings. The first-order chi connectivity index (χ1) is 13.7. The Morgan fingerprint density at radius 2 is 1.86 bits per heavy atom. The van der Waals surface area contributed by atoms with Gasteiger partial charge in [-0.2, -0.15) is 0 Å². The molecule has 0 bridgehead atoms. The molecule has 2 aromatic carbocycles. The number of H-pyrrole nitrogens is 1. The molecule has 0 saturated carbocycles. The lowest BCUT2D eigenvalue weighted by Gasteiger charge is -2.26. The lowest BCUT2D eigenvalue weighted by Crippen LogP contribution is -2.41. The quantitative estimate of drug-likeness (QED) is 0.499. The van der Waals surface area contributed by atoms with Gasteiger partial charge in [0.25, 0.3) is 5.91 Å². The van der Waals surface area contributed by atoms with Crippen LogP contribution in [0.15, 0.2) is 59.1 Å². The van der Waals surface area contributed by atoms with Gasteiger partial charge in [-0.1, -0.05) is 46.3 Å². The second-order valence-corrected chi connectivity index (χ2v) is 7.78. The molecule has 140 valence electrons. The Bertz CT molecular complexity index is 1200. The summed E-state index contributed by atoms with van der Waals surface area (Å²) in [5.74, 6) is -0.0493. The maximum Gasteiger partial charge on any atom is 0.272 e. The van der Waals surface area contributed by atoms with Gasteiger partial charge in [0, 0.05) is 39.4 Å². The second-order valence-electron chi connectivity index (χ2n) is 6.86. The van der Waals surface area contributed by atoms with Crippen molar-refractivity contribution < 1.29 is 9.53 Å². The van der Waals surface area contributed by atoms with E-state index in [1.807, 2.05) is 53.4 Å². The number of carbonyl (C=O) groups is 1. The third kappa shape index (κ3) is 2.99. The fourth-order valence-electron chi connectivity index (χ4n) is 3.73. The van der Waals surface area contributed by atoms with Gasteiger partial charge in [0.2, 0.25) is 0 Å². The number of aromatic amines is 1. The number of rotatable bonds is 2. The van der Waals surface area contributed by atoms with Crippen molar-refractivity contribution in [3.8, 4) is 11.3 Å². The minimum Gasteiger partial charge on any atom is -0.378 e. The summed E-state index contributed by atoms with van der Waals surface area (Å²) in [5.41, 5.74) is 4.19. The van der Waals surface area contributed by atoms with Crippen LogP contribution in [0.4, 0.5) is 0 Å². The predicted octanol–water partition coefficient (Wildman–Crippen LogP) is 4.62. The number of nitrogens with zero attached hydrogens (tertiary/aromatic N) is 2. The summed E-state index contributed by atoms with van der Waals surface area (Å²) in [6.45, 7) is 2.33. The van der Waals surface area contributed by atoms with E-state index in [-0.39, 0.29) is 5.91 Å². The molecule has 1 aliphatic heterocycles. The van der Waals surface area contributed by atoms with Crippen molar-refractivity contribution >= 4 is 43.6 Å². The molecule has 4 aromatic rings. The van der Waals surface area contributed by atoms with Gasteiger partial charge in [-0.3, -0.25) is 4.79 Å². The Balaban J connectivity index is 1.75. The highest BCUT2D eigenvalue weighted by atomic mass is 79.9.